The van der Waals surface area contributed by atoms with Gasteiger partial charge in [0.05, 0.1) is 0 Å². The number of allylic oxidation sites excluding steroid dienone is 4. The summed E-state index contributed by atoms with van der Waals surface area (Å²) in [6.45, 7) is 4.52. The lowest BCUT2D eigenvalue weighted by atomic mass is 10.1. The predicted molar refractivity (Wildman–Crippen MR) is 75.8 cm³/mol. The van der Waals surface area contributed by atoms with E-state index in [1.54, 1.807) is 0 Å². The molecule has 0 rings (SSSR count). The molecule has 0 saturated heterocycles. The van der Waals surface area contributed by atoms with E-state index in [0.717, 1.165) is 6.42 Å². The van der Waals surface area contributed by atoms with Crippen LogP contribution >= 0.6 is 0 Å². The van der Waals surface area contributed by atoms with E-state index < -0.39 is 0 Å². The molecule has 94 valence electrons. The summed E-state index contributed by atoms with van der Waals surface area (Å²) in [7, 11) is 0. The SMILES string of the molecule is CCCCC/C=C/C/C=C\CCCCCC. The van der Waals surface area contributed by atoms with Gasteiger partial charge in [0.1, 0.15) is 0 Å². The van der Waals surface area contributed by atoms with Crippen LogP contribution in [-0.2, 0) is 0 Å². The summed E-state index contributed by atoms with van der Waals surface area (Å²) in [5.41, 5.74) is 0. The van der Waals surface area contributed by atoms with Gasteiger partial charge in [-0.1, -0.05) is 70.3 Å². The second-order valence-corrected chi connectivity index (χ2v) is 4.52. The van der Waals surface area contributed by atoms with Crippen LogP contribution in [0.3, 0.4) is 0 Å². The third-order valence-corrected chi connectivity index (χ3v) is 2.80. The van der Waals surface area contributed by atoms with Crippen molar-refractivity contribution in [3.8, 4) is 0 Å². The third kappa shape index (κ3) is 13.5. The lowest BCUT2D eigenvalue weighted by Crippen LogP contribution is -1.73. The first-order valence-electron chi connectivity index (χ1n) is 7.21. The van der Waals surface area contributed by atoms with Crippen molar-refractivity contribution in [2.75, 3.05) is 0 Å². The van der Waals surface area contributed by atoms with Crippen LogP contribution in [0.4, 0.5) is 0 Å². The maximum atomic E-state index is 2.34. The summed E-state index contributed by atoms with van der Waals surface area (Å²) in [5.74, 6) is 0. The van der Waals surface area contributed by atoms with Gasteiger partial charge < -0.3 is 0 Å². The van der Waals surface area contributed by atoms with Crippen molar-refractivity contribution in [3.63, 3.8) is 0 Å². The zero-order chi connectivity index (χ0) is 11.9. The van der Waals surface area contributed by atoms with E-state index in [1.807, 2.05) is 0 Å². The van der Waals surface area contributed by atoms with Crippen molar-refractivity contribution in [1.29, 1.82) is 0 Å². The molecule has 0 unspecified atom stereocenters. The van der Waals surface area contributed by atoms with E-state index in [1.165, 1.54) is 57.8 Å². The molecular weight excluding hydrogens is 192 g/mol. The highest BCUT2D eigenvalue weighted by Gasteiger charge is 1.84. The first kappa shape index (κ1) is 15.5. The average Bonchev–Trinajstić information content (AvgIpc) is 2.31. The highest BCUT2D eigenvalue weighted by molar-refractivity contribution is 4.92. The molecule has 0 aliphatic rings. The van der Waals surface area contributed by atoms with E-state index in [4.69, 9.17) is 0 Å². The Balaban J connectivity index is 3.14. The van der Waals surface area contributed by atoms with Crippen LogP contribution in [0.5, 0.6) is 0 Å². The third-order valence-electron chi connectivity index (χ3n) is 2.80. The Labute approximate surface area is 103 Å². The molecule has 0 bridgehead atoms. The summed E-state index contributed by atoms with van der Waals surface area (Å²) in [6.07, 6.45) is 22.5. The minimum absolute atomic E-state index is 1.12. The molecule has 0 N–H and O–H groups in total. The summed E-state index contributed by atoms with van der Waals surface area (Å²) in [5, 5.41) is 0. The van der Waals surface area contributed by atoms with Gasteiger partial charge in [0.25, 0.3) is 0 Å². The van der Waals surface area contributed by atoms with Crippen LogP contribution in [0, 0.1) is 0 Å². The quantitative estimate of drug-likeness (QED) is 0.295. The van der Waals surface area contributed by atoms with Crippen molar-refractivity contribution >= 4 is 0 Å². The molecule has 0 atom stereocenters. The Morgan fingerprint density at radius 3 is 1.62 bits per heavy atom. The molecule has 0 aliphatic heterocycles. The van der Waals surface area contributed by atoms with E-state index in [9.17, 15) is 0 Å². The van der Waals surface area contributed by atoms with Crippen molar-refractivity contribution in [1.82, 2.24) is 0 Å². The van der Waals surface area contributed by atoms with Crippen LogP contribution in [0.1, 0.15) is 78.1 Å². The number of rotatable bonds is 11. The van der Waals surface area contributed by atoms with Gasteiger partial charge in [-0.05, 0) is 32.1 Å². The van der Waals surface area contributed by atoms with Gasteiger partial charge in [0.2, 0.25) is 0 Å². The lowest BCUT2D eigenvalue weighted by molar-refractivity contribution is 0.674. The maximum absolute atomic E-state index is 2.34. The van der Waals surface area contributed by atoms with Gasteiger partial charge in [0.15, 0.2) is 0 Å². The molecule has 0 aromatic heterocycles. The number of hydrogen-bond donors (Lipinski definition) is 0. The fourth-order valence-electron chi connectivity index (χ4n) is 1.71. The summed E-state index contributed by atoms with van der Waals surface area (Å²) in [4.78, 5) is 0. The lowest BCUT2D eigenvalue weighted by Gasteiger charge is -1.93. The Hall–Kier alpha value is -0.520. The minimum atomic E-state index is 1.12. The molecule has 0 saturated carbocycles. The van der Waals surface area contributed by atoms with Gasteiger partial charge >= 0.3 is 0 Å². The van der Waals surface area contributed by atoms with E-state index in [2.05, 4.69) is 38.2 Å². The zero-order valence-corrected chi connectivity index (χ0v) is 11.4. The van der Waals surface area contributed by atoms with Crippen LogP contribution in [-0.4, -0.2) is 0 Å². The number of hydrogen-bond acceptors (Lipinski definition) is 0. The van der Waals surface area contributed by atoms with Crippen LogP contribution in [0.25, 0.3) is 0 Å². The highest BCUT2D eigenvalue weighted by atomic mass is 13.9. The van der Waals surface area contributed by atoms with Crippen molar-refractivity contribution in [3.05, 3.63) is 24.3 Å². The Kier molecular flexibility index (Phi) is 14.0. The van der Waals surface area contributed by atoms with Gasteiger partial charge in [-0.15, -0.1) is 0 Å². The van der Waals surface area contributed by atoms with Gasteiger partial charge in [0, 0.05) is 0 Å². The van der Waals surface area contributed by atoms with Crippen LogP contribution < -0.4 is 0 Å². The van der Waals surface area contributed by atoms with E-state index in [0.29, 0.717) is 0 Å². The Morgan fingerprint density at radius 2 is 1.06 bits per heavy atom. The smallest absolute Gasteiger partial charge is 0.0169 e. The largest absolute Gasteiger partial charge is 0.0882 e. The first-order chi connectivity index (χ1) is 7.91. The monoisotopic (exact) mass is 222 g/mol. The van der Waals surface area contributed by atoms with Crippen LogP contribution in [0.15, 0.2) is 24.3 Å². The standard InChI is InChI=1S/C16H30/c1-3-5-7-9-11-13-15-16-14-12-10-8-6-4-2/h11,13-14,16H,3-10,12,15H2,1-2H3/b13-11+,16-14-. The van der Waals surface area contributed by atoms with Crippen molar-refractivity contribution in [2.45, 2.75) is 78.1 Å². The fraction of sp³-hybridized carbons (Fsp3) is 0.750. The van der Waals surface area contributed by atoms with Gasteiger partial charge in [-0.2, -0.15) is 0 Å². The van der Waals surface area contributed by atoms with E-state index in [-0.39, 0.29) is 0 Å². The molecule has 0 amide bonds. The molecule has 0 nitrogen and oxygen atoms in total. The van der Waals surface area contributed by atoms with Crippen molar-refractivity contribution in [2.24, 2.45) is 0 Å². The second-order valence-electron chi connectivity index (χ2n) is 4.52. The molecule has 0 spiro atoms. The molecular formula is C16H30. The molecule has 0 aliphatic carbocycles. The van der Waals surface area contributed by atoms with Crippen molar-refractivity contribution < 1.29 is 0 Å². The second kappa shape index (κ2) is 14.5. The Morgan fingerprint density at radius 1 is 0.562 bits per heavy atom. The van der Waals surface area contributed by atoms with Gasteiger partial charge in [-0.3, -0.25) is 0 Å². The minimum Gasteiger partial charge on any atom is -0.0882 e. The summed E-state index contributed by atoms with van der Waals surface area (Å²) < 4.78 is 0. The van der Waals surface area contributed by atoms with Crippen LogP contribution in [0.2, 0.25) is 0 Å². The predicted octanol–water partition coefficient (Wildman–Crippen LogP) is 6.04. The molecule has 0 heteroatoms. The molecule has 16 heavy (non-hydrogen) atoms. The summed E-state index contributed by atoms with van der Waals surface area (Å²) in [6, 6.07) is 0. The highest BCUT2D eigenvalue weighted by Crippen LogP contribution is 2.04. The average molecular weight is 222 g/mol. The topological polar surface area (TPSA) is 0 Å². The molecule has 0 fully saturated rings. The van der Waals surface area contributed by atoms with E-state index >= 15 is 0 Å². The summed E-state index contributed by atoms with van der Waals surface area (Å²) >= 11 is 0. The fourth-order valence-corrected chi connectivity index (χ4v) is 1.71. The molecule has 0 radical (unpaired) electrons. The maximum Gasteiger partial charge on any atom is -0.0169 e. The Bertz CT molecular complexity index is 165. The number of unbranched alkanes of at least 4 members (excludes halogenated alkanes) is 7. The molecule has 0 aromatic carbocycles. The molecule has 0 heterocycles. The first-order valence-corrected chi connectivity index (χ1v) is 7.21. The molecule has 0 aromatic rings. The zero-order valence-electron chi connectivity index (χ0n) is 11.4. The van der Waals surface area contributed by atoms with Gasteiger partial charge in [-0.25, -0.2) is 0 Å². The normalized spacial score (nSPS) is 11.9.